The molecule has 6 saturated heterocycles. The van der Waals surface area contributed by atoms with Gasteiger partial charge in [0.1, 0.15) is 60.0 Å². The normalized spacial score (nSPS) is 19.7. The van der Waals surface area contributed by atoms with E-state index in [2.05, 4.69) is 52.3 Å². The van der Waals surface area contributed by atoms with Gasteiger partial charge in [0.05, 0.1) is 52.6 Å². The van der Waals surface area contributed by atoms with Crippen LogP contribution >= 0.6 is 0 Å². The van der Waals surface area contributed by atoms with Gasteiger partial charge in [0, 0.05) is 60.3 Å². The zero-order valence-electron chi connectivity index (χ0n) is 75.6. The average molecular weight is 1850 g/mol. The quantitative estimate of drug-likeness (QED) is 0.0233. The molecule has 32 heteroatoms. The van der Waals surface area contributed by atoms with Crippen molar-refractivity contribution >= 4 is 106 Å². The third kappa shape index (κ3) is 22.4. The molecule has 6 aliphatic rings. The van der Waals surface area contributed by atoms with Crippen molar-refractivity contribution in [1.82, 2.24) is 40.9 Å². The molecule has 12 amide bonds. The molecule has 0 unspecified atom stereocenters. The van der Waals surface area contributed by atoms with Crippen molar-refractivity contribution < 1.29 is 85.3 Å². The molecule has 0 aromatic heterocycles. The van der Waals surface area contributed by atoms with E-state index < -0.39 is 96.3 Å². The molecule has 30 nitrogen and oxygen atoms in total. The number of ether oxygens (including phenoxy) is 4. The summed E-state index contributed by atoms with van der Waals surface area (Å²) in [5, 5.41) is 22.5. The summed E-state index contributed by atoms with van der Waals surface area (Å²) in [6.07, 6.45) is 4.41. The van der Waals surface area contributed by atoms with E-state index in [0.717, 1.165) is 59.3 Å². The van der Waals surface area contributed by atoms with Gasteiger partial charge in [-0.1, -0.05) is 170 Å². The minimum absolute atomic E-state index is 0.103. The third-order valence-corrected chi connectivity index (χ3v) is 25.9. The van der Waals surface area contributed by atoms with Crippen molar-refractivity contribution in [3.63, 3.8) is 0 Å². The van der Waals surface area contributed by atoms with Crippen LogP contribution < -0.4 is 52.3 Å². The topological polar surface area (TPSA) is 357 Å². The molecular weight excluding hydrogens is 1740 g/mol. The highest BCUT2D eigenvalue weighted by Crippen LogP contribution is 2.50. The highest BCUT2D eigenvalue weighted by Gasteiger charge is 2.45. The number of likely N-dealkylation sites (tertiary alicyclic amines) is 4. The van der Waals surface area contributed by atoms with Gasteiger partial charge in [-0.15, -0.1) is 0 Å². The number of rotatable bonds is 26. The molecule has 0 aliphatic carbocycles. The molecular formula is C104H108F2N14O16. The summed E-state index contributed by atoms with van der Waals surface area (Å²) in [7, 11) is 4.91. The lowest BCUT2D eigenvalue weighted by atomic mass is 10.0. The third-order valence-electron chi connectivity index (χ3n) is 25.9. The molecule has 16 rings (SSSR count). The van der Waals surface area contributed by atoms with E-state index in [-0.39, 0.29) is 59.4 Å². The summed E-state index contributed by atoms with van der Waals surface area (Å²) < 4.78 is 47.7. The SMILES string of the molecule is COC(=O)N[C@@H](C(=O)N1CCC[C@H]1C(=O)Nc1ccc([C@@H]2CC[C@@H](c3ccc(NC(=O)[C@@H]4CCCN4C(=O)[C@H](NC(=O)OC)c4ccccc4)cc3)N2c2ccc(F)cc2)cc1)c1ccccc1.COC(=O)N[C@@H](C(=O)N1CCC[C@H]1C(=O)Nc1ccc([C@H]2CC[C@H](c3ccc(NC(=O)[C@@H]4CCCN4C(=O)[C@H](NC(=O)OC)c4ccccc4)cc3)N2c2ccc(F)cc2)cc1)c1ccccc1. The second kappa shape index (κ2) is 44.4. The van der Waals surface area contributed by atoms with Gasteiger partial charge >= 0.3 is 24.4 Å². The zero-order chi connectivity index (χ0) is 95.5. The van der Waals surface area contributed by atoms with Crippen molar-refractivity contribution in [1.29, 1.82) is 0 Å². The summed E-state index contributed by atoms with van der Waals surface area (Å²) in [6.45, 7) is 1.44. The lowest BCUT2D eigenvalue weighted by Gasteiger charge is -2.33. The Morgan fingerprint density at radius 3 is 0.654 bits per heavy atom. The molecule has 0 spiro atoms. The Balaban J connectivity index is 0.000000207. The molecule has 8 N–H and O–H groups in total. The first-order valence-electron chi connectivity index (χ1n) is 45.6. The molecule has 10 aromatic carbocycles. The summed E-state index contributed by atoms with van der Waals surface area (Å²) >= 11 is 0. The molecule has 6 heterocycles. The van der Waals surface area contributed by atoms with Crippen LogP contribution in [0, 0.1) is 11.6 Å². The fourth-order valence-electron chi connectivity index (χ4n) is 19.2. The number of carbonyl (C=O) groups is 12. The Kier molecular flexibility index (Phi) is 31.0. The number of amides is 12. The average Bonchev–Trinajstić information content (AvgIpc) is 1.63. The summed E-state index contributed by atoms with van der Waals surface area (Å²) in [5.74, 6) is -3.64. The number of alkyl carbamates (subject to hydrolysis) is 4. The number of nitrogens with zero attached hydrogens (tertiary/aromatic N) is 6. The molecule has 0 radical (unpaired) electrons. The standard InChI is InChI=1S/2C52H54FN7O8/c2*1-67-51(65)56-45(35-11-5-3-6-12-35)49(63)58-31-9-15-43(58)47(61)54-38-23-17-33(18-24-38)41-29-30-42(60(41)40-27-21-37(53)22-28-40)34-19-25-39(26-20-34)55-48(62)44-16-10-32-59(44)50(64)46(57-52(66)68-2)36-13-7-4-8-14-36/h2*3-8,11-14,17-28,41-46H,9-10,15-16,29-32H2,1-2H3,(H,54,61)(H,55,62)(H,56,65)(H,57,66)/t41-,42-,43+,44+,45-,46-;41-,42-,43-,44-,45+,46+/m10/s1. The monoisotopic (exact) mass is 1850 g/mol. The molecule has 0 saturated carbocycles. The lowest BCUT2D eigenvalue weighted by Crippen LogP contribution is -2.48. The predicted octanol–water partition coefficient (Wildman–Crippen LogP) is 15.9. The van der Waals surface area contributed by atoms with Gasteiger partial charge in [0.25, 0.3) is 23.6 Å². The molecule has 704 valence electrons. The number of anilines is 6. The fourth-order valence-corrected chi connectivity index (χ4v) is 19.2. The van der Waals surface area contributed by atoms with E-state index in [1.54, 1.807) is 121 Å². The van der Waals surface area contributed by atoms with Crippen molar-refractivity contribution in [3.8, 4) is 0 Å². The van der Waals surface area contributed by atoms with Crippen molar-refractivity contribution in [2.45, 2.75) is 150 Å². The van der Waals surface area contributed by atoms with Crippen molar-refractivity contribution in [2.75, 3.05) is 85.7 Å². The van der Waals surface area contributed by atoms with E-state index in [1.807, 2.05) is 121 Å². The Labute approximate surface area is 786 Å². The first-order chi connectivity index (χ1) is 66.0. The lowest BCUT2D eigenvalue weighted by molar-refractivity contribution is -0.138. The number of hydrogen-bond donors (Lipinski definition) is 8. The van der Waals surface area contributed by atoms with E-state index >= 15 is 0 Å². The first kappa shape index (κ1) is 95.1. The van der Waals surface area contributed by atoms with Crippen LogP contribution in [0.5, 0.6) is 0 Å². The summed E-state index contributed by atoms with van der Waals surface area (Å²) in [4.78, 5) is 170. The summed E-state index contributed by atoms with van der Waals surface area (Å²) in [5.41, 5.74) is 10.1. The van der Waals surface area contributed by atoms with Gasteiger partial charge in [-0.3, -0.25) is 38.4 Å². The Bertz CT molecular complexity index is 5220. The molecule has 10 aromatic rings. The number of carbonyl (C=O) groups excluding carboxylic acids is 12. The van der Waals surface area contributed by atoms with Crippen molar-refractivity contribution in [3.05, 3.63) is 323 Å². The Morgan fingerprint density at radius 1 is 0.265 bits per heavy atom. The van der Waals surface area contributed by atoms with E-state index in [1.165, 1.54) is 72.3 Å². The zero-order valence-corrected chi connectivity index (χ0v) is 75.6. The number of benzene rings is 10. The molecule has 6 fully saturated rings. The molecule has 6 aliphatic heterocycles. The van der Waals surface area contributed by atoms with Crippen LogP contribution in [0.4, 0.5) is 62.1 Å². The number of nitrogens with one attached hydrogen (secondary N) is 8. The minimum Gasteiger partial charge on any atom is -0.453 e. The van der Waals surface area contributed by atoms with Gasteiger partial charge in [-0.2, -0.15) is 0 Å². The maximum atomic E-state index is 14.3. The van der Waals surface area contributed by atoms with E-state index in [0.29, 0.717) is 123 Å². The van der Waals surface area contributed by atoms with Gasteiger partial charge < -0.3 is 90.9 Å². The van der Waals surface area contributed by atoms with Crippen molar-refractivity contribution in [2.24, 2.45) is 0 Å². The molecule has 12 atom stereocenters. The van der Waals surface area contributed by atoms with Crippen LogP contribution in [-0.4, -0.2) is 170 Å². The van der Waals surface area contributed by atoms with Gasteiger partial charge in [-0.05, 0) is 219 Å². The van der Waals surface area contributed by atoms with Gasteiger partial charge in [0.15, 0.2) is 0 Å². The maximum Gasteiger partial charge on any atom is 0.407 e. The number of halogens is 2. The number of hydrogen-bond acceptors (Lipinski definition) is 18. The second-order valence-corrected chi connectivity index (χ2v) is 34.1. The van der Waals surface area contributed by atoms with E-state index in [4.69, 9.17) is 18.9 Å². The van der Waals surface area contributed by atoms with Gasteiger partial charge in [-0.25, -0.2) is 28.0 Å². The molecule has 0 bridgehead atoms. The minimum atomic E-state index is -1.03. The predicted molar refractivity (Wildman–Crippen MR) is 505 cm³/mol. The summed E-state index contributed by atoms with van der Waals surface area (Å²) in [6, 6.07) is 71.1. The Hall–Kier alpha value is -15.5. The molecule has 136 heavy (non-hydrogen) atoms. The first-order valence-corrected chi connectivity index (χ1v) is 45.6. The largest absolute Gasteiger partial charge is 0.453 e. The second-order valence-electron chi connectivity index (χ2n) is 34.1. The maximum absolute atomic E-state index is 14.3. The van der Waals surface area contributed by atoms with Crippen LogP contribution in [0.15, 0.2) is 267 Å². The number of methoxy groups -OCH3 is 4. The smallest absolute Gasteiger partial charge is 0.407 e. The van der Waals surface area contributed by atoms with Crippen LogP contribution in [0.1, 0.15) is 170 Å². The fraction of sp³-hybridized carbons (Fsp3) is 0.308. The van der Waals surface area contributed by atoms with Crippen LogP contribution in [0.3, 0.4) is 0 Å². The van der Waals surface area contributed by atoms with Crippen LogP contribution in [0.25, 0.3) is 0 Å². The van der Waals surface area contributed by atoms with Gasteiger partial charge in [0.2, 0.25) is 23.6 Å². The Morgan fingerprint density at radius 2 is 0.463 bits per heavy atom. The van der Waals surface area contributed by atoms with Crippen LogP contribution in [-0.2, 0) is 57.3 Å². The highest BCUT2D eigenvalue weighted by molar-refractivity contribution is 6.02. The van der Waals surface area contributed by atoms with E-state index in [9.17, 15) is 66.3 Å². The highest BCUT2D eigenvalue weighted by atomic mass is 19.1. The van der Waals surface area contributed by atoms with Crippen LogP contribution in [0.2, 0.25) is 0 Å².